The fourth-order valence-corrected chi connectivity index (χ4v) is 0.694. The molecule has 0 nitrogen and oxygen atoms in total. The van der Waals surface area contributed by atoms with Crippen molar-refractivity contribution in [2.24, 2.45) is 0 Å². The Hall–Kier alpha value is -1.32. The molecule has 66 valence electrons. The van der Waals surface area contributed by atoms with E-state index in [0.717, 1.165) is 0 Å². The molecular weight excluding hydrogens is 172 g/mol. The monoisotopic (exact) mass is 178 g/mol. The summed E-state index contributed by atoms with van der Waals surface area (Å²) in [5, 5.41) is 0. The molecule has 1 rings (SSSR count). The second-order valence-corrected chi connectivity index (χ2v) is 1.94. The zero-order valence-electron chi connectivity index (χ0n) is 5.93. The van der Waals surface area contributed by atoms with E-state index in [9.17, 15) is 13.2 Å². The van der Waals surface area contributed by atoms with Crippen LogP contribution in [0.5, 0.6) is 0 Å². The molecule has 0 fully saturated rings. The van der Waals surface area contributed by atoms with Crippen molar-refractivity contribution >= 4 is 5.83 Å². The van der Waals surface area contributed by atoms with E-state index in [2.05, 4.69) is 0 Å². The van der Waals surface area contributed by atoms with Crippen molar-refractivity contribution < 1.29 is 17.9 Å². The van der Waals surface area contributed by atoms with E-state index in [4.69, 9.17) is 0 Å². The third-order valence-corrected chi connectivity index (χ3v) is 1.19. The van der Waals surface area contributed by atoms with Crippen molar-refractivity contribution in [3.63, 3.8) is 0 Å². The van der Waals surface area contributed by atoms with Gasteiger partial charge in [-0.1, -0.05) is 30.3 Å². The summed E-state index contributed by atoms with van der Waals surface area (Å²) in [6.45, 7) is 0. The van der Waals surface area contributed by atoms with Gasteiger partial charge in [0.2, 0.25) is 0 Å². The summed E-state index contributed by atoms with van der Waals surface area (Å²) in [7, 11) is 0. The molecule has 1 aromatic carbocycles. The third kappa shape index (κ3) is 2.38. The van der Waals surface area contributed by atoms with Gasteiger partial charge in [-0.2, -0.15) is 8.78 Å². The van der Waals surface area contributed by atoms with Crippen LogP contribution in [0.15, 0.2) is 36.4 Å². The van der Waals surface area contributed by atoms with Crippen molar-refractivity contribution in [1.29, 1.82) is 0 Å². The minimum absolute atomic E-state index is 0. The number of hydrogen-bond donors (Lipinski definition) is 0. The Morgan fingerprint density at radius 3 is 1.83 bits per heavy atom. The number of rotatable bonds is 1. The van der Waals surface area contributed by atoms with E-state index < -0.39 is 11.9 Å². The van der Waals surface area contributed by atoms with Crippen LogP contribution < -0.4 is 0 Å². The molecule has 0 saturated carbocycles. The minimum Gasteiger partial charge on any atom is -0.269 e. The lowest BCUT2D eigenvalue weighted by molar-refractivity contribution is 0.410. The molecule has 12 heavy (non-hydrogen) atoms. The summed E-state index contributed by atoms with van der Waals surface area (Å²) in [4.78, 5) is 0. The van der Waals surface area contributed by atoms with Gasteiger partial charge in [-0.25, -0.2) is 4.39 Å². The van der Waals surface area contributed by atoms with E-state index >= 15 is 0 Å². The summed E-state index contributed by atoms with van der Waals surface area (Å²) in [6, 6.07) is 7.20. The van der Waals surface area contributed by atoms with E-state index in [-0.39, 0.29) is 10.3 Å². The summed E-state index contributed by atoms with van der Waals surface area (Å²) >= 11 is 0. The van der Waals surface area contributed by atoms with Crippen molar-refractivity contribution in [2.45, 2.75) is 0 Å². The Kier molecular flexibility index (Phi) is 4.04. The van der Waals surface area contributed by atoms with Gasteiger partial charge in [-0.3, -0.25) is 4.70 Å². The summed E-state index contributed by atoms with van der Waals surface area (Å²) in [5.41, 5.74) is -0.0903. The van der Waals surface area contributed by atoms with Crippen LogP contribution in [0.2, 0.25) is 0 Å². The molecule has 0 amide bonds. The van der Waals surface area contributed by atoms with Crippen LogP contribution in [-0.2, 0) is 0 Å². The topological polar surface area (TPSA) is 0 Å². The van der Waals surface area contributed by atoms with Gasteiger partial charge in [-0.05, 0) is 0 Å². The van der Waals surface area contributed by atoms with Crippen LogP contribution in [0.4, 0.5) is 17.9 Å². The predicted octanol–water partition coefficient (Wildman–Crippen LogP) is 3.37. The van der Waals surface area contributed by atoms with Crippen LogP contribution in [0.25, 0.3) is 5.83 Å². The molecule has 0 aliphatic carbocycles. The lowest BCUT2D eigenvalue weighted by atomic mass is 10.2. The van der Waals surface area contributed by atoms with Gasteiger partial charge in [-0.15, -0.1) is 0 Å². The first-order valence-electron chi connectivity index (χ1n) is 2.98. The zero-order valence-corrected chi connectivity index (χ0v) is 5.93. The fraction of sp³-hybridized carbons (Fsp3) is 0. The highest BCUT2D eigenvalue weighted by molar-refractivity contribution is 5.59. The first-order chi connectivity index (χ1) is 5.22. The Bertz CT molecular complexity index is 262. The first-order valence-corrected chi connectivity index (χ1v) is 2.98. The van der Waals surface area contributed by atoms with Crippen molar-refractivity contribution in [1.82, 2.24) is 0 Å². The molecule has 0 aliphatic heterocycles. The van der Waals surface area contributed by atoms with E-state index in [1.807, 2.05) is 0 Å². The molecule has 0 unspecified atom stereocenters. The van der Waals surface area contributed by atoms with Crippen LogP contribution in [0.3, 0.4) is 0 Å². The van der Waals surface area contributed by atoms with E-state index in [1.165, 1.54) is 24.3 Å². The normalized spacial score (nSPS) is 8.58. The molecule has 0 aromatic heterocycles. The highest BCUT2D eigenvalue weighted by Crippen LogP contribution is 2.20. The Morgan fingerprint density at radius 1 is 0.917 bits per heavy atom. The van der Waals surface area contributed by atoms with Crippen molar-refractivity contribution in [3.05, 3.63) is 42.0 Å². The molecule has 0 N–H and O–H groups in total. The lowest BCUT2D eigenvalue weighted by Crippen LogP contribution is -1.76. The zero-order chi connectivity index (χ0) is 8.27. The molecule has 0 heterocycles. The van der Waals surface area contributed by atoms with E-state index in [1.54, 1.807) is 6.07 Å². The summed E-state index contributed by atoms with van der Waals surface area (Å²) in [6.07, 6.45) is -2.28. The second-order valence-electron chi connectivity index (χ2n) is 1.94. The largest absolute Gasteiger partial charge is 0.306 e. The summed E-state index contributed by atoms with van der Waals surface area (Å²) in [5.74, 6) is -1.45. The van der Waals surface area contributed by atoms with Gasteiger partial charge in [0.25, 0.3) is 0 Å². The fourth-order valence-electron chi connectivity index (χ4n) is 0.694. The van der Waals surface area contributed by atoms with Gasteiger partial charge >= 0.3 is 6.08 Å². The van der Waals surface area contributed by atoms with Crippen molar-refractivity contribution in [3.8, 4) is 0 Å². The average molecular weight is 178 g/mol. The summed E-state index contributed by atoms with van der Waals surface area (Å²) < 4.78 is 35.6. The molecule has 4 heteroatoms. The van der Waals surface area contributed by atoms with Gasteiger partial charge in [0.15, 0.2) is 5.83 Å². The molecule has 1 aromatic rings. The SMILES string of the molecule is F.FC(F)=C(F)c1ccccc1. The van der Waals surface area contributed by atoms with Crippen LogP contribution in [0.1, 0.15) is 5.56 Å². The maximum Gasteiger partial charge on any atom is 0.306 e. The van der Waals surface area contributed by atoms with Gasteiger partial charge in [0, 0.05) is 5.56 Å². The molecule has 0 aliphatic rings. The quantitative estimate of drug-likeness (QED) is 0.578. The van der Waals surface area contributed by atoms with E-state index in [0.29, 0.717) is 0 Å². The molecule has 0 atom stereocenters. The molecule has 0 saturated heterocycles. The van der Waals surface area contributed by atoms with Gasteiger partial charge in [0.1, 0.15) is 0 Å². The number of halogens is 4. The Labute approximate surface area is 66.7 Å². The first kappa shape index (κ1) is 10.7. The molecule has 0 bridgehead atoms. The number of benzene rings is 1. The highest BCUT2D eigenvalue weighted by atomic mass is 19.3. The lowest BCUT2D eigenvalue weighted by Gasteiger charge is -1.93. The van der Waals surface area contributed by atoms with Gasteiger partial charge in [0.05, 0.1) is 0 Å². The van der Waals surface area contributed by atoms with Crippen LogP contribution in [0, 0.1) is 0 Å². The highest BCUT2D eigenvalue weighted by Gasteiger charge is 2.05. The smallest absolute Gasteiger partial charge is 0.269 e. The standard InChI is InChI=1S/C8H5F3.FH/c9-7(8(10)11)6-4-2-1-3-5-6;/h1-5H;1H. The molecule has 0 spiro atoms. The third-order valence-electron chi connectivity index (χ3n) is 1.19. The number of hydrogen-bond acceptors (Lipinski definition) is 0. The van der Waals surface area contributed by atoms with Crippen LogP contribution in [-0.4, -0.2) is 0 Å². The maximum absolute atomic E-state index is 12.4. The predicted molar refractivity (Wildman–Crippen MR) is 39.2 cm³/mol. The van der Waals surface area contributed by atoms with Crippen molar-refractivity contribution in [2.75, 3.05) is 0 Å². The Balaban J connectivity index is 0.00000121. The maximum atomic E-state index is 12.4. The average Bonchev–Trinajstić information content (AvgIpc) is 2.05. The van der Waals surface area contributed by atoms with Gasteiger partial charge < -0.3 is 0 Å². The Morgan fingerprint density at radius 2 is 1.42 bits per heavy atom. The molecular formula is C8H6F4. The van der Waals surface area contributed by atoms with Crippen LogP contribution >= 0.6 is 0 Å². The molecule has 0 radical (unpaired) electrons. The minimum atomic E-state index is -2.28. The second kappa shape index (κ2) is 4.54.